The van der Waals surface area contributed by atoms with Gasteiger partial charge in [-0.05, 0) is 42.8 Å². The summed E-state index contributed by atoms with van der Waals surface area (Å²) in [6.07, 6.45) is 3.31. The molecular weight excluding hydrogens is 338 g/mol. The van der Waals surface area contributed by atoms with Gasteiger partial charge in [0.25, 0.3) is 5.56 Å². The van der Waals surface area contributed by atoms with Crippen molar-refractivity contribution in [3.8, 4) is 0 Å². The Balaban J connectivity index is 1.83. The van der Waals surface area contributed by atoms with E-state index in [-0.39, 0.29) is 11.6 Å². The van der Waals surface area contributed by atoms with Crippen molar-refractivity contribution in [3.63, 3.8) is 0 Å². The van der Waals surface area contributed by atoms with Gasteiger partial charge in [0, 0.05) is 10.7 Å². The van der Waals surface area contributed by atoms with Crippen LogP contribution < -0.4 is 16.7 Å². The summed E-state index contributed by atoms with van der Waals surface area (Å²) in [5.41, 5.74) is 2.48. The third-order valence-electron chi connectivity index (χ3n) is 3.53. The average molecular weight is 354 g/mol. The molecule has 1 heterocycles. The first-order chi connectivity index (χ1) is 12.0. The summed E-state index contributed by atoms with van der Waals surface area (Å²) in [6, 6.07) is 14.8. The number of hydrogen-bond donors (Lipinski definition) is 2. The highest BCUT2D eigenvalue weighted by atomic mass is 35.5. The molecule has 0 bridgehead atoms. The van der Waals surface area contributed by atoms with Gasteiger partial charge < -0.3 is 11.2 Å². The highest BCUT2D eigenvalue weighted by Gasteiger charge is 2.08. The van der Waals surface area contributed by atoms with Crippen LogP contribution in [0.4, 0.5) is 11.6 Å². The predicted molar refractivity (Wildman–Crippen MR) is 101 cm³/mol. The number of nitrogens with zero attached hydrogens (tertiary/aromatic N) is 3. The number of nitrogens with one attached hydrogen (secondary N) is 1. The van der Waals surface area contributed by atoms with Crippen LogP contribution in [0.3, 0.4) is 0 Å². The van der Waals surface area contributed by atoms with Gasteiger partial charge in [0.2, 0.25) is 5.95 Å². The molecule has 0 fully saturated rings. The summed E-state index contributed by atoms with van der Waals surface area (Å²) in [4.78, 5) is 12.3. The van der Waals surface area contributed by atoms with Crippen LogP contribution in [0.1, 0.15) is 16.8 Å². The zero-order valence-electron chi connectivity index (χ0n) is 13.5. The van der Waals surface area contributed by atoms with Crippen molar-refractivity contribution in [2.24, 2.45) is 0 Å². The molecule has 126 valence electrons. The van der Waals surface area contributed by atoms with Crippen molar-refractivity contribution in [2.45, 2.75) is 6.92 Å². The Bertz CT molecular complexity index is 962. The Morgan fingerprint density at radius 1 is 1.04 bits per heavy atom. The van der Waals surface area contributed by atoms with E-state index in [1.807, 2.05) is 43.3 Å². The van der Waals surface area contributed by atoms with Crippen LogP contribution in [0.15, 0.2) is 53.3 Å². The largest absolute Gasteiger partial charge is 0.333 e. The van der Waals surface area contributed by atoms with Crippen LogP contribution in [0.25, 0.3) is 12.2 Å². The molecule has 1 aromatic heterocycles. The smallest absolute Gasteiger partial charge is 0.299 e. The third-order valence-corrected chi connectivity index (χ3v) is 3.78. The van der Waals surface area contributed by atoms with Crippen molar-refractivity contribution in [3.05, 3.63) is 80.7 Å². The molecule has 0 aliphatic carbocycles. The number of nitrogens with two attached hydrogens (primary N) is 1. The number of aromatic nitrogens is 3. The Labute approximate surface area is 149 Å². The second-order valence-corrected chi connectivity index (χ2v) is 5.90. The normalized spacial score (nSPS) is 11.0. The third kappa shape index (κ3) is 4.05. The Morgan fingerprint density at radius 2 is 1.72 bits per heavy atom. The highest BCUT2D eigenvalue weighted by Crippen LogP contribution is 2.14. The minimum Gasteiger partial charge on any atom is -0.333 e. The van der Waals surface area contributed by atoms with E-state index in [2.05, 4.69) is 15.5 Å². The number of aryl methyl sites for hydroxylation is 1. The maximum atomic E-state index is 12.3. The molecule has 6 nitrogen and oxygen atoms in total. The number of rotatable bonds is 4. The maximum absolute atomic E-state index is 12.3. The molecule has 0 saturated carbocycles. The van der Waals surface area contributed by atoms with Gasteiger partial charge in [0.15, 0.2) is 5.69 Å². The number of nitrogen functional groups attached to an aromatic ring is 1. The molecule has 0 radical (unpaired) electrons. The van der Waals surface area contributed by atoms with Crippen LogP contribution in [0, 0.1) is 6.92 Å². The molecule has 0 spiro atoms. The number of hydrogen-bond acceptors (Lipinski definition) is 5. The maximum Gasteiger partial charge on any atom is 0.299 e. The summed E-state index contributed by atoms with van der Waals surface area (Å²) in [6.45, 7) is 1.99. The molecule has 25 heavy (non-hydrogen) atoms. The van der Waals surface area contributed by atoms with E-state index in [1.54, 1.807) is 24.3 Å². The first-order valence-electron chi connectivity index (χ1n) is 7.55. The van der Waals surface area contributed by atoms with Gasteiger partial charge >= 0.3 is 0 Å². The summed E-state index contributed by atoms with van der Waals surface area (Å²) in [5, 5.41) is 11.6. The van der Waals surface area contributed by atoms with E-state index in [0.29, 0.717) is 5.02 Å². The first kappa shape index (κ1) is 16.7. The summed E-state index contributed by atoms with van der Waals surface area (Å²) in [5.74, 6) is 6.00. The SMILES string of the molecule is Cc1ccc(Nc2nnc(/C=C\c3ccc(Cl)cc3)c(=O)n2N)cc1. The molecule has 0 aliphatic heterocycles. The summed E-state index contributed by atoms with van der Waals surface area (Å²) < 4.78 is 0.939. The van der Waals surface area contributed by atoms with Crippen molar-refractivity contribution >= 4 is 35.4 Å². The lowest BCUT2D eigenvalue weighted by Crippen LogP contribution is -2.32. The molecule has 0 aliphatic rings. The molecule has 3 N–H and O–H groups in total. The molecule has 0 saturated heterocycles. The minimum atomic E-state index is -0.449. The Kier molecular flexibility index (Phi) is 4.81. The van der Waals surface area contributed by atoms with Gasteiger partial charge in [-0.1, -0.05) is 47.5 Å². The molecule has 3 aromatic rings. The minimum absolute atomic E-state index is 0.145. The van der Waals surface area contributed by atoms with E-state index in [0.717, 1.165) is 21.5 Å². The molecule has 2 aromatic carbocycles. The number of halogens is 1. The van der Waals surface area contributed by atoms with Crippen LogP contribution in [-0.4, -0.2) is 14.9 Å². The van der Waals surface area contributed by atoms with Crippen molar-refractivity contribution in [1.82, 2.24) is 14.9 Å². The summed E-state index contributed by atoms with van der Waals surface area (Å²) >= 11 is 5.84. The van der Waals surface area contributed by atoms with Gasteiger partial charge in [-0.3, -0.25) is 4.79 Å². The summed E-state index contributed by atoms with van der Waals surface area (Å²) in [7, 11) is 0. The molecule has 0 amide bonds. The predicted octanol–water partition coefficient (Wildman–Crippen LogP) is 3.23. The van der Waals surface area contributed by atoms with Crippen molar-refractivity contribution in [1.29, 1.82) is 0 Å². The lowest BCUT2D eigenvalue weighted by Gasteiger charge is -2.09. The van der Waals surface area contributed by atoms with Crippen LogP contribution >= 0.6 is 11.6 Å². The highest BCUT2D eigenvalue weighted by molar-refractivity contribution is 6.30. The Morgan fingerprint density at radius 3 is 2.40 bits per heavy atom. The molecule has 0 atom stereocenters. The average Bonchev–Trinajstić information content (AvgIpc) is 2.61. The van der Waals surface area contributed by atoms with Crippen LogP contribution in [-0.2, 0) is 0 Å². The topological polar surface area (TPSA) is 85.8 Å². The molecule has 3 rings (SSSR count). The number of benzene rings is 2. The van der Waals surface area contributed by atoms with Gasteiger partial charge in [0.1, 0.15) is 0 Å². The molecule has 0 unspecified atom stereocenters. The number of anilines is 2. The first-order valence-corrected chi connectivity index (χ1v) is 7.93. The van der Waals surface area contributed by atoms with Crippen molar-refractivity contribution < 1.29 is 0 Å². The lowest BCUT2D eigenvalue weighted by atomic mass is 10.2. The fourth-order valence-corrected chi connectivity index (χ4v) is 2.24. The quantitative estimate of drug-likeness (QED) is 0.703. The Hall–Kier alpha value is -3.12. The zero-order chi connectivity index (χ0) is 17.8. The molecular formula is C18H16ClN5O. The van der Waals surface area contributed by atoms with E-state index >= 15 is 0 Å². The van der Waals surface area contributed by atoms with Gasteiger partial charge in [-0.25, -0.2) is 0 Å². The van der Waals surface area contributed by atoms with Gasteiger partial charge in [0.05, 0.1) is 0 Å². The zero-order valence-corrected chi connectivity index (χ0v) is 14.2. The second kappa shape index (κ2) is 7.19. The van der Waals surface area contributed by atoms with Gasteiger partial charge in [-0.15, -0.1) is 10.2 Å². The fourth-order valence-electron chi connectivity index (χ4n) is 2.12. The monoisotopic (exact) mass is 353 g/mol. The van der Waals surface area contributed by atoms with Gasteiger partial charge in [-0.2, -0.15) is 4.68 Å². The van der Waals surface area contributed by atoms with Crippen LogP contribution in [0.2, 0.25) is 5.02 Å². The fraction of sp³-hybridized carbons (Fsp3) is 0.0556. The van der Waals surface area contributed by atoms with E-state index in [4.69, 9.17) is 17.4 Å². The van der Waals surface area contributed by atoms with E-state index < -0.39 is 5.56 Å². The second-order valence-electron chi connectivity index (χ2n) is 5.46. The van der Waals surface area contributed by atoms with E-state index in [1.165, 1.54) is 0 Å². The standard InChI is InChI=1S/C18H16ClN5O/c1-12-2-9-15(10-3-12)21-18-23-22-16(17(25)24(18)20)11-6-13-4-7-14(19)8-5-13/h2-11H,20H2,1H3,(H,21,23)/b11-6-. The van der Waals surface area contributed by atoms with Crippen molar-refractivity contribution in [2.75, 3.05) is 11.2 Å². The van der Waals surface area contributed by atoms with Crippen LogP contribution in [0.5, 0.6) is 0 Å². The lowest BCUT2D eigenvalue weighted by molar-refractivity contribution is 0.828. The van der Waals surface area contributed by atoms with E-state index in [9.17, 15) is 4.79 Å². The molecule has 7 heteroatoms.